The fourth-order valence-corrected chi connectivity index (χ4v) is 4.07. The molecule has 1 saturated carbocycles. The summed E-state index contributed by atoms with van der Waals surface area (Å²) in [6, 6.07) is 0.280. The third-order valence-electron chi connectivity index (χ3n) is 4.41. The molecule has 0 aromatic carbocycles. The summed E-state index contributed by atoms with van der Waals surface area (Å²) in [5.41, 5.74) is 0. The van der Waals surface area contributed by atoms with Crippen LogP contribution in [0.5, 0.6) is 0 Å². The normalized spacial score (nSPS) is 22.8. The molecular formula is C14H20N4O2S. The summed E-state index contributed by atoms with van der Waals surface area (Å²) in [4.78, 5) is 16.1. The first-order chi connectivity index (χ1) is 10.1. The van der Waals surface area contributed by atoms with Gasteiger partial charge in [-0.1, -0.05) is 38.0 Å². The highest BCUT2D eigenvalue weighted by Gasteiger charge is 2.31. The van der Waals surface area contributed by atoms with E-state index in [4.69, 9.17) is 0 Å². The molecule has 0 radical (unpaired) electrons. The van der Waals surface area contributed by atoms with Gasteiger partial charge in [0.1, 0.15) is 6.20 Å². The second-order valence-electron chi connectivity index (χ2n) is 6.04. The average molecular weight is 308 g/mol. The number of nitrogens with one attached hydrogen (secondary N) is 1. The zero-order chi connectivity index (χ0) is 15.0. The number of fused-ring (bicyclic) bond motifs is 1. The molecule has 1 aliphatic carbocycles. The fraction of sp³-hybridized carbons (Fsp3) is 0.643. The van der Waals surface area contributed by atoms with Crippen LogP contribution in [0.25, 0.3) is 4.96 Å². The van der Waals surface area contributed by atoms with Crippen molar-refractivity contribution in [3.8, 4) is 0 Å². The Balaban J connectivity index is 1.91. The molecule has 2 atom stereocenters. The Labute approximate surface area is 127 Å². The molecule has 6 nitrogen and oxygen atoms in total. The van der Waals surface area contributed by atoms with E-state index in [-0.39, 0.29) is 16.8 Å². The molecule has 0 bridgehead atoms. The largest absolute Gasteiger partial charge is 0.372 e. The van der Waals surface area contributed by atoms with Crippen molar-refractivity contribution in [2.75, 3.05) is 5.32 Å². The van der Waals surface area contributed by atoms with Crippen LogP contribution in [-0.2, 0) is 0 Å². The van der Waals surface area contributed by atoms with Crippen molar-refractivity contribution in [3.63, 3.8) is 0 Å². The molecule has 1 aliphatic rings. The first-order valence-electron chi connectivity index (χ1n) is 7.44. The maximum absolute atomic E-state index is 11.4. The molecule has 0 spiro atoms. The average Bonchev–Trinajstić information content (AvgIpc) is 2.98. The second kappa shape index (κ2) is 5.63. The molecule has 21 heavy (non-hydrogen) atoms. The summed E-state index contributed by atoms with van der Waals surface area (Å²) < 4.78 is 1.56. The first kappa shape index (κ1) is 14.3. The minimum absolute atomic E-state index is 0.0549. The van der Waals surface area contributed by atoms with Crippen molar-refractivity contribution in [2.24, 2.45) is 11.8 Å². The lowest BCUT2D eigenvalue weighted by atomic mass is 9.78. The van der Waals surface area contributed by atoms with E-state index < -0.39 is 0 Å². The Morgan fingerprint density at radius 1 is 1.48 bits per heavy atom. The molecule has 2 aromatic heterocycles. The maximum Gasteiger partial charge on any atom is 0.372 e. The monoisotopic (exact) mass is 308 g/mol. The summed E-state index contributed by atoms with van der Waals surface area (Å²) in [7, 11) is 0. The number of nitro groups is 1. The van der Waals surface area contributed by atoms with E-state index in [1.165, 1.54) is 30.6 Å². The molecule has 1 fully saturated rings. The second-order valence-corrected chi connectivity index (χ2v) is 6.91. The lowest BCUT2D eigenvalue weighted by Gasteiger charge is -2.34. The Hall–Kier alpha value is -1.63. The van der Waals surface area contributed by atoms with Gasteiger partial charge in [-0.25, -0.2) is 0 Å². The molecule has 0 amide bonds. The molecule has 2 unspecified atom stereocenters. The molecule has 114 valence electrons. The summed E-state index contributed by atoms with van der Waals surface area (Å²) in [5, 5.41) is 16.5. The van der Waals surface area contributed by atoms with Crippen LogP contribution in [-0.4, -0.2) is 20.3 Å². The molecule has 2 aromatic rings. The van der Waals surface area contributed by atoms with Gasteiger partial charge in [0.2, 0.25) is 5.82 Å². The number of rotatable bonds is 4. The molecule has 1 N–H and O–H groups in total. The van der Waals surface area contributed by atoms with Crippen molar-refractivity contribution < 1.29 is 4.92 Å². The lowest BCUT2D eigenvalue weighted by molar-refractivity contribution is -0.389. The SMILES string of the molecule is CC(C)C1CCCCC1Nc1nc2sccn2c1[N+](=O)[O-]. The van der Waals surface area contributed by atoms with Crippen LogP contribution in [0.1, 0.15) is 39.5 Å². The quantitative estimate of drug-likeness (QED) is 0.686. The van der Waals surface area contributed by atoms with Crippen molar-refractivity contribution in [2.45, 2.75) is 45.6 Å². The van der Waals surface area contributed by atoms with Gasteiger partial charge < -0.3 is 15.4 Å². The van der Waals surface area contributed by atoms with Crippen molar-refractivity contribution in [1.82, 2.24) is 9.38 Å². The number of thiazole rings is 1. The van der Waals surface area contributed by atoms with Gasteiger partial charge in [0.25, 0.3) is 4.96 Å². The van der Waals surface area contributed by atoms with Gasteiger partial charge >= 0.3 is 5.82 Å². The standard InChI is InChI=1S/C14H20N4O2S/c1-9(2)10-5-3-4-6-11(10)15-12-13(18(19)20)17-7-8-21-14(17)16-12/h7-11,15H,3-6H2,1-2H3. The Kier molecular flexibility index (Phi) is 3.84. The van der Waals surface area contributed by atoms with E-state index in [1.54, 1.807) is 10.6 Å². The number of imidazole rings is 1. The van der Waals surface area contributed by atoms with Gasteiger partial charge in [-0.2, -0.15) is 9.38 Å². The van der Waals surface area contributed by atoms with Crippen LogP contribution in [0.2, 0.25) is 0 Å². The van der Waals surface area contributed by atoms with E-state index in [9.17, 15) is 10.1 Å². The number of hydrogen-bond acceptors (Lipinski definition) is 5. The summed E-state index contributed by atoms with van der Waals surface area (Å²) in [5.74, 6) is 1.60. The van der Waals surface area contributed by atoms with Gasteiger partial charge in [-0.3, -0.25) is 0 Å². The first-order valence-corrected chi connectivity index (χ1v) is 8.32. The van der Waals surface area contributed by atoms with E-state index in [0.717, 1.165) is 6.42 Å². The topological polar surface area (TPSA) is 72.5 Å². The van der Waals surface area contributed by atoms with Gasteiger partial charge in [-0.15, -0.1) is 0 Å². The summed E-state index contributed by atoms with van der Waals surface area (Å²) in [6.45, 7) is 4.45. The van der Waals surface area contributed by atoms with Crippen LogP contribution in [0, 0.1) is 22.0 Å². The number of aromatic nitrogens is 2. The highest BCUT2D eigenvalue weighted by atomic mass is 32.1. The lowest BCUT2D eigenvalue weighted by Crippen LogP contribution is -2.35. The van der Waals surface area contributed by atoms with E-state index in [1.807, 2.05) is 5.38 Å². The Morgan fingerprint density at radius 3 is 2.95 bits per heavy atom. The van der Waals surface area contributed by atoms with Crippen LogP contribution in [0.4, 0.5) is 11.6 Å². The van der Waals surface area contributed by atoms with Crippen LogP contribution in [0.15, 0.2) is 11.6 Å². The van der Waals surface area contributed by atoms with E-state index >= 15 is 0 Å². The van der Waals surface area contributed by atoms with Crippen LogP contribution < -0.4 is 5.32 Å². The fourth-order valence-electron chi connectivity index (χ4n) is 3.36. The highest BCUT2D eigenvalue weighted by Crippen LogP contribution is 2.35. The minimum atomic E-state index is -0.345. The van der Waals surface area contributed by atoms with Gasteiger partial charge in [0, 0.05) is 11.4 Å². The maximum atomic E-state index is 11.4. The molecule has 7 heteroatoms. The number of hydrogen-bond donors (Lipinski definition) is 1. The van der Waals surface area contributed by atoms with Crippen LogP contribution in [0.3, 0.4) is 0 Å². The minimum Gasteiger partial charge on any atom is -0.360 e. The zero-order valence-corrected chi connectivity index (χ0v) is 13.1. The van der Waals surface area contributed by atoms with Crippen LogP contribution >= 0.6 is 11.3 Å². The third-order valence-corrected chi connectivity index (χ3v) is 5.16. The zero-order valence-electron chi connectivity index (χ0n) is 12.3. The van der Waals surface area contributed by atoms with Gasteiger partial charge in [-0.05, 0) is 29.6 Å². The molecular weight excluding hydrogens is 288 g/mol. The Morgan fingerprint density at radius 2 is 2.24 bits per heavy atom. The van der Waals surface area contributed by atoms with Gasteiger partial charge in [0.05, 0.1) is 0 Å². The molecule has 3 rings (SSSR count). The highest BCUT2D eigenvalue weighted by molar-refractivity contribution is 7.15. The molecule has 0 aliphatic heterocycles. The third kappa shape index (κ3) is 2.62. The molecule has 2 heterocycles. The predicted octanol–water partition coefficient (Wildman–Crippen LogP) is 3.93. The summed E-state index contributed by atoms with van der Waals surface area (Å²) >= 11 is 1.42. The predicted molar refractivity (Wildman–Crippen MR) is 83.9 cm³/mol. The van der Waals surface area contributed by atoms with E-state index in [2.05, 4.69) is 24.1 Å². The molecule has 0 saturated heterocycles. The van der Waals surface area contributed by atoms with Crippen molar-refractivity contribution in [3.05, 3.63) is 21.7 Å². The van der Waals surface area contributed by atoms with Crippen molar-refractivity contribution >= 4 is 27.9 Å². The number of anilines is 1. The number of nitrogens with zero attached hydrogens (tertiary/aromatic N) is 3. The van der Waals surface area contributed by atoms with Gasteiger partial charge in [0.15, 0.2) is 0 Å². The smallest absolute Gasteiger partial charge is 0.360 e. The Bertz CT molecular complexity index is 648. The summed E-state index contributed by atoms with van der Waals surface area (Å²) in [6.07, 6.45) is 6.38. The van der Waals surface area contributed by atoms with E-state index in [0.29, 0.717) is 22.6 Å². The van der Waals surface area contributed by atoms with Crippen molar-refractivity contribution in [1.29, 1.82) is 0 Å².